The van der Waals surface area contributed by atoms with Crippen LogP contribution in [0, 0.1) is 17.8 Å². The van der Waals surface area contributed by atoms with Gasteiger partial charge in [0.15, 0.2) is 0 Å². The van der Waals surface area contributed by atoms with Crippen molar-refractivity contribution in [2.24, 2.45) is 17.8 Å². The van der Waals surface area contributed by atoms with Gasteiger partial charge < -0.3 is 0 Å². The van der Waals surface area contributed by atoms with Gasteiger partial charge in [0.25, 0.3) is 0 Å². The highest BCUT2D eigenvalue weighted by molar-refractivity contribution is 5.05. The summed E-state index contributed by atoms with van der Waals surface area (Å²) in [5.41, 5.74) is 0. The van der Waals surface area contributed by atoms with Gasteiger partial charge >= 0.3 is 0 Å². The van der Waals surface area contributed by atoms with Crippen molar-refractivity contribution in [2.75, 3.05) is 6.54 Å². The molecule has 3 aliphatic heterocycles. The van der Waals surface area contributed by atoms with Gasteiger partial charge in [0.1, 0.15) is 0 Å². The summed E-state index contributed by atoms with van der Waals surface area (Å²) in [5.74, 6) is 3.19. The van der Waals surface area contributed by atoms with Gasteiger partial charge in [-0.1, -0.05) is 6.92 Å². The first-order valence-electron chi connectivity index (χ1n) is 5.53. The molecule has 68 valence electrons. The molecule has 1 heteroatoms. The molecule has 0 aromatic rings. The molecule has 3 heterocycles. The molecule has 0 radical (unpaired) electrons. The van der Waals surface area contributed by atoms with Crippen molar-refractivity contribution in [3.63, 3.8) is 0 Å². The van der Waals surface area contributed by atoms with Gasteiger partial charge in [-0.2, -0.15) is 0 Å². The summed E-state index contributed by atoms with van der Waals surface area (Å²) in [7, 11) is 0. The van der Waals surface area contributed by atoms with Gasteiger partial charge in [-0.05, 0) is 43.9 Å². The number of piperidine rings is 2. The fourth-order valence-electron chi connectivity index (χ4n) is 3.80. The van der Waals surface area contributed by atoms with Gasteiger partial charge in [-0.15, -0.1) is 0 Å². The Balaban J connectivity index is 1.84. The predicted octanol–water partition coefficient (Wildman–Crippen LogP) is 2.13. The van der Waals surface area contributed by atoms with Crippen LogP contribution in [0.25, 0.3) is 0 Å². The molecule has 5 atom stereocenters. The van der Waals surface area contributed by atoms with Crippen LogP contribution in [-0.2, 0) is 0 Å². The molecule has 1 aliphatic carbocycles. The van der Waals surface area contributed by atoms with E-state index in [2.05, 4.69) is 18.7 Å². The SMILES string of the molecule is CC1C2C[C@@H]1CN1C(C)CCC21. The van der Waals surface area contributed by atoms with Crippen LogP contribution in [0.1, 0.15) is 33.1 Å². The third-order valence-corrected chi connectivity index (χ3v) is 4.81. The zero-order chi connectivity index (χ0) is 8.29. The molecule has 12 heavy (non-hydrogen) atoms. The number of nitrogens with zero attached hydrogens (tertiary/aromatic N) is 1. The van der Waals surface area contributed by atoms with Gasteiger partial charge in [-0.3, -0.25) is 4.90 Å². The second kappa shape index (κ2) is 2.25. The molecule has 0 amide bonds. The quantitative estimate of drug-likeness (QED) is 0.531. The van der Waals surface area contributed by atoms with E-state index in [9.17, 15) is 0 Å². The molecule has 1 nitrogen and oxygen atoms in total. The Kier molecular flexibility index (Phi) is 1.39. The maximum Gasteiger partial charge on any atom is 0.0130 e. The lowest BCUT2D eigenvalue weighted by molar-refractivity contribution is -0.0738. The zero-order valence-electron chi connectivity index (χ0n) is 8.16. The lowest BCUT2D eigenvalue weighted by Crippen LogP contribution is -2.59. The summed E-state index contributed by atoms with van der Waals surface area (Å²) >= 11 is 0. The van der Waals surface area contributed by atoms with E-state index in [1.807, 2.05) is 0 Å². The van der Waals surface area contributed by atoms with Gasteiger partial charge in [0.05, 0.1) is 0 Å². The minimum atomic E-state index is 0.896. The number of hydrogen-bond donors (Lipinski definition) is 0. The van der Waals surface area contributed by atoms with Crippen molar-refractivity contribution in [1.82, 2.24) is 4.90 Å². The van der Waals surface area contributed by atoms with E-state index >= 15 is 0 Å². The van der Waals surface area contributed by atoms with Crippen molar-refractivity contribution in [2.45, 2.75) is 45.2 Å². The Morgan fingerprint density at radius 1 is 1.17 bits per heavy atom. The zero-order valence-corrected chi connectivity index (χ0v) is 8.16. The maximum absolute atomic E-state index is 2.79. The Bertz CT molecular complexity index is 201. The smallest absolute Gasteiger partial charge is 0.0130 e. The molecular formula is C11H19N. The van der Waals surface area contributed by atoms with Crippen LogP contribution in [0.2, 0.25) is 0 Å². The molecule has 2 bridgehead atoms. The Labute approximate surface area is 75.1 Å². The second-order valence-corrected chi connectivity index (χ2v) is 5.21. The molecular weight excluding hydrogens is 146 g/mol. The van der Waals surface area contributed by atoms with Gasteiger partial charge in [0.2, 0.25) is 0 Å². The first kappa shape index (κ1) is 7.37. The molecule has 0 aromatic carbocycles. The maximum atomic E-state index is 2.79. The van der Waals surface area contributed by atoms with Crippen LogP contribution in [0.5, 0.6) is 0 Å². The predicted molar refractivity (Wildman–Crippen MR) is 50.0 cm³/mol. The summed E-state index contributed by atoms with van der Waals surface area (Å²) in [6, 6.07) is 1.88. The Hall–Kier alpha value is -0.0400. The van der Waals surface area contributed by atoms with Crippen LogP contribution < -0.4 is 0 Å². The summed E-state index contributed by atoms with van der Waals surface area (Å²) in [6.45, 7) is 6.30. The molecule has 4 fully saturated rings. The van der Waals surface area contributed by atoms with Gasteiger partial charge in [-0.25, -0.2) is 0 Å². The van der Waals surface area contributed by atoms with E-state index in [1.54, 1.807) is 6.42 Å². The minimum Gasteiger partial charge on any atom is -0.297 e. The summed E-state index contributed by atoms with van der Waals surface area (Å²) in [6.07, 6.45) is 4.50. The van der Waals surface area contributed by atoms with Crippen LogP contribution in [0.3, 0.4) is 0 Å². The van der Waals surface area contributed by atoms with E-state index in [1.165, 1.54) is 19.4 Å². The largest absolute Gasteiger partial charge is 0.297 e. The molecule has 4 aliphatic rings. The van der Waals surface area contributed by atoms with Crippen LogP contribution in [-0.4, -0.2) is 23.5 Å². The molecule has 1 saturated carbocycles. The lowest BCUT2D eigenvalue weighted by Gasteiger charge is -2.56. The third kappa shape index (κ3) is 0.736. The van der Waals surface area contributed by atoms with E-state index in [-0.39, 0.29) is 0 Å². The van der Waals surface area contributed by atoms with E-state index in [4.69, 9.17) is 0 Å². The van der Waals surface area contributed by atoms with E-state index < -0.39 is 0 Å². The highest BCUT2D eigenvalue weighted by atomic mass is 15.2. The normalized spacial score (nSPS) is 58.0. The highest BCUT2D eigenvalue weighted by Gasteiger charge is 2.52. The molecule has 3 saturated heterocycles. The van der Waals surface area contributed by atoms with E-state index in [0.29, 0.717) is 0 Å². The van der Waals surface area contributed by atoms with Crippen molar-refractivity contribution < 1.29 is 0 Å². The second-order valence-electron chi connectivity index (χ2n) is 5.21. The lowest BCUT2D eigenvalue weighted by atomic mass is 9.59. The Morgan fingerprint density at radius 2 is 2.00 bits per heavy atom. The fourth-order valence-corrected chi connectivity index (χ4v) is 3.80. The van der Waals surface area contributed by atoms with Crippen molar-refractivity contribution in [1.29, 1.82) is 0 Å². The van der Waals surface area contributed by atoms with Gasteiger partial charge in [0, 0.05) is 18.6 Å². The number of hydrogen-bond acceptors (Lipinski definition) is 1. The molecule has 4 rings (SSSR count). The average Bonchev–Trinajstić information content (AvgIpc) is 2.47. The highest BCUT2D eigenvalue weighted by Crippen LogP contribution is 2.52. The first-order chi connectivity index (χ1) is 5.77. The van der Waals surface area contributed by atoms with Crippen molar-refractivity contribution in [3.8, 4) is 0 Å². The van der Waals surface area contributed by atoms with Crippen LogP contribution in [0.4, 0.5) is 0 Å². The average molecular weight is 165 g/mol. The first-order valence-corrected chi connectivity index (χ1v) is 5.53. The van der Waals surface area contributed by atoms with Crippen LogP contribution in [0.15, 0.2) is 0 Å². The summed E-state index contributed by atoms with van der Waals surface area (Å²) in [5, 5.41) is 0. The van der Waals surface area contributed by atoms with Crippen LogP contribution >= 0.6 is 0 Å². The molecule has 0 aromatic heterocycles. The molecule has 4 unspecified atom stereocenters. The minimum absolute atomic E-state index is 0.896. The van der Waals surface area contributed by atoms with Crippen molar-refractivity contribution >= 4 is 0 Å². The molecule has 0 N–H and O–H groups in total. The standard InChI is InChI=1S/C11H19N/c1-7-3-4-11-10-5-9(8(10)2)6-12(7)11/h7-11H,3-6H2,1-2H3/t7?,8?,9-,10?,11?/m1/s1. The molecule has 0 spiro atoms. The monoisotopic (exact) mass is 165 g/mol. The number of rotatable bonds is 0. The van der Waals surface area contributed by atoms with E-state index in [0.717, 1.165) is 29.8 Å². The topological polar surface area (TPSA) is 3.24 Å². The van der Waals surface area contributed by atoms with Crippen molar-refractivity contribution in [3.05, 3.63) is 0 Å². The third-order valence-electron chi connectivity index (χ3n) is 4.81. The Morgan fingerprint density at radius 3 is 2.75 bits per heavy atom. The summed E-state index contributed by atoms with van der Waals surface area (Å²) in [4.78, 5) is 2.79. The fraction of sp³-hybridized carbons (Fsp3) is 1.00. The summed E-state index contributed by atoms with van der Waals surface area (Å²) < 4.78 is 0.